The number of hydrogen-bond acceptors (Lipinski definition) is 4. The van der Waals surface area contributed by atoms with E-state index in [4.69, 9.17) is 9.47 Å². The molecule has 0 aliphatic carbocycles. The van der Waals surface area contributed by atoms with E-state index in [1.54, 1.807) is 6.08 Å². The molecule has 0 bridgehead atoms. The third kappa shape index (κ3) is 7.21. The molecule has 1 N–H and O–H groups in total. The summed E-state index contributed by atoms with van der Waals surface area (Å²) >= 11 is 0. The molecule has 0 aliphatic rings. The minimum atomic E-state index is -0.558. The lowest BCUT2D eigenvalue weighted by Crippen LogP contribution is -2.30. The van der Waals surface area contributed by atoms with Crippen LogP contribution < -0.4 is 10.1 Å². The summed E-state index contributed by atoms with van der Waals surface area (Å²) < 4.78 is 10.3. The molecule has 0 aromatic heterocycles. The number of hydrogen-bond donors (Lipinski definition) is 1. The van der Waals surface area contributed by atoms with Crippen LogP contribution in [0.2, 0.25) is 0 Å². The maximum atomic E-state index is 11.7. The Kier molecular flexibility index (Phi) is 7.93. The number of benzene rings is 2. The third-order valence-electron chi connectivity index (χ3n) is 3.53. The second kappa shape index (κ2) is 10.7. The summed E-state index contributed by atoms with van der Waals surface area (Å²) in [5.41, 5.74) is 1.99. The van der Waals surface area contributed by atoms with Gasteiger partial charge in [-0.25, -0.2) is 4.79 Å². The zero-order valence-electron chi connectivity index (χ0n) is 14.8. The van der Waals surface area contributed by atoms with E-state index in [0.717, 1.165) is 23.3 Å². The molecule has 0 heterocycles. The molecule has 0 atom stereocenters. The van der Waals surface area contributed by atoms with Crippen molar-refractivity contribution in [2.24, 2.45) is 0 Å². The van der Waals surface area contributed by atoms with Crippen LogP contribution in [0, 0.1) is 0 Å². The largest absolute Gasteiger partial charge is 0.494 e. The second-order valence-corrected chi connectivity index (χ2v) is 5.53. The number of rotatable bonds is 9. The second-order valence-electron chi connectivity index (χ2n) is 5.53. The van der Waals surface area contributed by atoms with Crippen molar-refractivity contribution in [3.63, 3.8) is 0 Å². The Balaban J connectivity index is 1.66. The Morgan fingerprint density at radius 2 is 1.77 bits per heavy atom. The van der Waals surface area contributed by atoms with E-state index in [0.29, 0.717) is 13.2 Å². The lowest BCUT2D eigenvalue weighted by atomic mass is 10.1. The van der Waals surface area contributed by atoms with Crippen LogP contribution in [0.15, 0.2) is 60.7 Å². The van der Waals surface area contributed by atoms with Crippen molar-refractivity contribution in [3.05, 3.63) is 71.8 Å². The summed E-state index contributed by atoms with van der Waals surface area (Å²) in [6.07, 6.45) is 3.66. The molecule has 0 saturated heterocycles. The van der Waals surface area contributed by atoms with Crippen molar-refractivity contribution in [1.29, 1.82) is 0 Å². The van der Waals surface area contributed by atoms with E-state index in [2.05, 4.69) is 5.32 Å². The zero-order chi connectivity index (χ0) is 18.6. The lowest BCUT2D eigenvalue weighted by molar-refractivity contribution is -0.143. The summed E-state index contributed by atoms with van der Waals surface area (Å²) in [5, 5.41) is 2.72. The number of ether oxygens (including phenoxy) is 2. The smallest absolute Gasteiger partial charge is 0.331 e. The Labute approximate surface area is 153 Å². The molecule has 5 heteroatoms. The highest BCUT2D eigenvalue weighted by atomic mass is 16.5. The average Bonchev–Trinajstić information content (AvgIpc) is 2.67. The van der Waals surface area contributed by atoms with Crippen LogP contribution in [-0.4, -0.2) is 31.6 Å². The van der Waals surface area contributed by atoms with Gasteiger partial charge in [0.15, 0.2) is 6.61 Å². The molecule has 1 amide bonds. The summed E-state index contributed by atoms with van der Waals surface area (Å²) in [6.45, 7) is 2.74. The van der Waals surface area contributed by atoms with Gasteiger partial charge in [-0.2, -0.15) is 0 Å². The highest BCUT2D eigenvalue weighted by Crippen LogP contribution is 2.13. The van der Waals surface area contributed by atoms with Gasteiger partial charge in [0.25, 0.3) is 5.91 Å². The van der Waals surface area contributed by atoms with Crippen LogP contribution in [0.5, 0.6) is 5.75 Å². The van der Waals surface area contributed by atoms with Gasteiger partial charge in [0.05, 0.1) is 6.61 Å². The van der Waals surface area contributed by atoms with E-state index in [-0.39, 0.29) is 12.5 Å². The zero-order valence-corrected chi connectivity index (χ0v) is 14.8. The fourth-order valence-corrected chi connectivity index (χ4v) is 2.23. The fraction of sp³-hybridized carbons (Fsp3) is 0.238. The van der Waals surface area contributed by atoms with Gasteiger partial charge in [0, 0.05) is 12.6 Å². The van der Waals surface area contributed by atoms with Gasteiger partial charge in [-0.05, 0) is 42.7 Å². The van der Waals surface area contributed by atoms with Gasteiger partial charge in [-0.3, -0.25) is 4.79 Å². The molecule has 0 fully saturated rings. The molecule has 136 valence electrons. The van der Waals surface area contributed by atoms with Crippen LogP contribution in [0.4, 0.5) is 0 Å². The summed E-state index contributed by atoms with van der Waals surface area (Å²) in [6, 6.07) is 17.2. The predicted molar refractivity (Wildman–Crippen MR) is 101 cm³/mol. The molecule has 0 aliphatic heterocycles. The summed E-state index contributed by atoms with van der Waals surface area (Å²) in [7, 11) is 0. The predicted octanol–water partition coefficient (Wildman–Crippen LogP) is 3.00. The van der Waals surface area contributed by atoms with Crippen molar-refractivity contribution in [2.45, 2.75) is 13.3 Å². The van der Waals surface area contributed by atoms with Crippen molar-refractivity contribution in [1.82, 2.24) is 5.32 Å². The van der Waals surface area contributed by atoms with E-state index >= 15 is 0 Å². The van der Waals surface area contributed by atoms with E-state index < -0.39 is 5.97 Å². The quantitative estimate of drug-likeness (QED) is 0.556. The van der Waals surface area contributed by atoms with Crippen molar-refractivity contribution in [3.8, 4) is 5.75 Å². The van der Waals surface area contributed by atoms with Crippen molar-refractivity contribution < 1.29 is 19.1 Å². The van der Waals surface area contributed by atoms with Crippen LogP contribution in [0.1, 0.15) is 18.1 Å². The molecule has 0 spiro atoms. The Hall–Kier alpha value is -3.08. The molecular formula is C21H23NO4. The molecule has 0 saturated carbocycles. The maximum Gasteiger partial charge on any atom is 0.331 e. The van der Waals surface area contributed by atoms with E-state index in [1.807, 2.05) is 61.5 Å². The molecule has 5 nitrogen and oxygen atoms in total. The number of nitrogens with one attached hydrogen (secondary N) is 1. The van der Waals surface area contributed by atoms with Crippen LogP contribution >= 0.6 is 0 Å². The normalized spacial score (nSPS) is 10.5. The minimum absolute atomic E-state index is 0.290. The van der Waals surface area contributed by atoms with Gasteiger partial charge in [0.2, 0.25) is 0 Å². The number of carbonyl (C=O) groups excluding carboxylic acids is 2. The molecule has 26 heavy (non-hydrogen) atoms. The molecule has 2 aromatic carbocycles. The van der Waals surface area contributed by atoms with Gasteiger partial charge >= 0.3 is 5.97 Å². The standard InChI is InChI=1S/C21H23NO4/c1-2-25-19-11-8-18(9-12-19)10-13-21(24)26-16-20(23)22-15-14-17-6-4-3-5-7-17/h3-13H,2,14-16H2,1H3,(H,22,23)/b13-10+. The number of esters is 1. The number of carbonyl (C=O) groups is 2. The van der Waals surface area contributed by atoms with Crippen LogP contribution in [0.3, 0.4) is 0 Å². The third-order valence-corrected chi connectivity index (χ3v) is 3.53. The topological polar surface area (TPSA) is 64.6 Å². The minimum Gasteiger partial charge on any atom is -0.494 e. The first-order valence-electron chi connectivity index (χ1n) is 8.55. The van der Waals surface area contributed by atoms with Crippen LogP contribution in [-0.2, 0) is 20.7 Å². The first kappa shape index (κ1) is 19.2. The highest BCUT2D eigenvalue weighted by molar-refractivity contribution is 5.89. The fourth-order valence-electron chi connectivity index (χ4n) is 2.23. The first-order valence-corrected chi connectivity index (χ1v) is 8.55. The Morgan fingerprint density at radius 1 is 1.04 bits per heavy atom. The number of amides is 1. The summed E-state index contributed by atoms with van der Waals surface area (Å²) in [4.78, 5) is 23.4. The van der Waals surface area contributed by atoms with Gasteiger partial charge in [-0.15, -0.1) is 0 Å². The lowest BCUT2D eigenvalue weighted by Gasteiger charge is -2.05. The van der Waals surface area contributed by atoms with E-state index in [1.165, 1.54) is 6.08 Å². The van der Waals surface area contributed by atoms with Gasteiger partial charge in [-0.1, -0.05) is 42.5 Å². The molecule has 2 aromatic rings. The molecule has 0 unspecified atom stereocenters. The molecule has 0 radical (unpaired) electrons. The maximum absolute atomic E-state index is 11.7. The summed E-state index contributed by atoms with van der Waals surface area (Å²) in [5.74, 6) is -0.0970. The van der Waals surface area contributed by atoms with Gasteiger partial charge < -0.3 is 14.8 Å². The highest BCUT2D eigenvalue weighted by Gasteiger charge is 2.04. The first-order chi connectivity index (χ1) is 12.7. The van der Waals surface area contributed by atoms with Crippen molar-refractivity contribution in [2.75, 3.05) is 19.8 Å². The SMILES string of the molecule is CCOc1ccc(/C=C/C(=O)OCC(=O)NCCc2ccccc2)cc1. The molecular weight excluding hydrogens is 330 g/mol. The monoisotopic (exact) mass is 353 g/mol. The van der Waals surface area contributed by atoms with Crippen LogP contribution in [0.25, 0.3) is 6.08 Å². The van der Waals surface area contributed by atoms with Crippen molar-refractivity contribution >= 4 is 18.0 Å². The molecule has 2 rings (SSSR count). The average molecular weight is 353 g/mol. The Morgan fingerprint density at radius 3 is 2.46 bits per heavy atom. The Bertz CT molecular complexity index is 723. The van der Waals surface area contributed by atoms with Gasteiger partial charge in [0.1, 0.15) is 5.75 Å². The van der Waals surface area contributed by atoms with E-state index in [9.17, 15) is 9.59 Å².